The van der Waals surface area contributed by atoms with Crippen LogP contribution < -0.4 is 0 Å². The zero-order valence-electron chi connectivity index (χ0n) is 18.8. The summed E-state index contributed by atoms with van der Waals surface area (Å²) in [5.41, 5.74) is 6.91. The second-order valence-corrected chi connectivity index (χ2v) is 9.38. The molecule has 0 aromatic heterocycles. The second-order valence-electron chi connectivity index (χ2n) is 9.38. The maximum absolute atomic E-state index is 14.5. The van der Waals surface area contributed by atoms with Gasteiger partial charge in [0.25, 0.3) is 0 Å². The number of rotatable bonds is 4. The first-order chi connectivity index (χ1) is 16.6. The van der Waals surface area contributed by atoms with Crippen LogP contribution in [0.1, 0.15) is 47.4 Å². The zero-order valence-corrected chi connectivity index (χ0v) is 18.8. The van der Waals surface area contributed by atoms with Crippen molar-refractivity contribution in [1.29, 1.82) is 0 Å². The molecule has 2 bridgehead atoms. The van der Waals surface area contributed by atoms with Crippen LogP contribution in [-0.4, -0.2) is 34.8 Å². The highest BCUT2D eigenvalue weighted by molar-refractivity contribution is 5.79. The number of carbonyl (C=O) groups excluding carboxylic acids is 1. The molecule has 2 atom stereocenters. The summed E-state index contributed by atoms with van der Waals surface area (Å²) in [6, 6.07) is 21.2. The van der Waals surface area contributed by atoms with E-state index in [0.717, 1.165) is 18.4 Å². The zero-order chi connectivity index (χ0) is 23.2. The molecular formula is C29H26FNO3. The van der Waals surface area contributed by atoms with E-state index >= 15 is 0 Å². The fraction of sp³-hybridized carbons (Fsp3) is 0.276. The van der Waals surface area contributed by atoms with E-state index in [-0.39, 0.29) is 36.5 Å². The van der Waals surface area contributed by atoms with E-state index in [1.807, 2.05) is 35.2 Å². The topological polar surface area (TPSA) is 49.8 Å². The lowest BCUT2D eigenvalue weighted by molar-refractivity contribution is 0.0866. The molecule has 3 aliphatic rings. The highest BCUT2D eigenvalue weighted by atomic mass is 19.1. The van der Waals surface area contributed by atoms with Crippen molar-refractivity contribution in [1.82, 2.24) is 4.90 Å². The van der Waals surface area contributed by atoms with Crippen LogP contribution in [0.2, 0.25) is 0 Å². The molecule has 2 aliphatic heterocycles. The molecule has 3 aromatic carbocycles. The Bertz CT molecular complexity index is 1250. The lowest BCUT2D eigenvalue weighted by Gasteiger charge is -2.33. The summed E-state index contributed by atoms with van der Waals surface area (Å²) < 4.78 is 20.4. The molecule has 0 radical (unpaired) electrons. The van der Waals surface area contributed by atoms with Gasteiger partial charge in [0.15, 0.2) is 0 Å². The van der Waals surface area contributed by atoms with Gasteiger partial charge in [-0.25, -0.2) is 9.18 Å². The molecule has 1 amide bonds. The minimum atomic E-state index is -0.297. The minimum Gasteiger partial charge on any atom is -0.448 e. The number of nitrogens with zero attached hydrogens (tertiary/aromatic N) is 1. The number of benzene rings is 3. The van der Waals surface area contributed by atoms with E-state index in [1.54, 1.807) is 12.1 Å². The third-order valence-electron chi connectivity index (χ3n) is 7.50. The summed E-state index contributed by atoms with van der Waals surface area (Å²) in [6.07, 6.45) is 4.02. The van der Waals surface area contributed by atoms with Crippen LogP contribution in [0.5, 0.6) is 0 Å². The van der Waals surface area contributed by atoms with Crippen molar-refractivity contribution in [2.45, 2.75) is 43.9 Å². The second kappa shape index (κ2) is 8.41. The van der Waals surface area contributed by atoms with Gasteiger partial charge in [0.2, 0.25) is 0 Å². The minimum absolute atomic E-state index is 0.00201. The van der Waals surface area contributed by atoms with Gasteiger partial charge in [-0.15, -0.1) is 0 Å². The molecule has 5 heteroatoms. The molecule has 3 aromatic rings. The van der Waals surface area contributed by atoms with Crippen LogP contribution in [0.3, 0.4) is 0 Å². The van der Waals surface area contributed by atoms with E-state index in [2.05, 4.69) is 24.3 Å². The van der Waals surface area contributed by atoms with Crippen LogP contribution >= 0.6 is 0 Å². The van der Waals surface area contributed by atoms with Gasteiger partial charge in [0, 0.05) is 17.5 Å². The molecule has 172 valence electrons. The van der Waals surface area contributed by atoms with Gasteiger partial charge in [0.1, 0.15) is 12.4 Å². The Labute approximate surface area is 198 Å². The highest BCUT2D eigenvalue weighted by Gasteiger charge is 2.41. The first-order valence-electron chi connectivity index (χ1n) is 11.9. The number of aliphatic hydroxyl groups excluding tert-OH is 1. The van der Waals surface area contributed by atoms with Crippen molar-refractivity contribution in [2.24, 2.45) is 0 Å². The number of aliphatic hydroxyl groups is 1. The molecule has 6 rings (SSSR count). The summed E-state index contributed by atoms with van der Waals surface area (Å²) in [5.74, 6) is -0.266. The van der Waals surface area contributed by atoms with Crippen molar-refractivity contribution in [3.8, 4) is 11.1 Å². The number of ether oxygens (including phenoxy) is 1. The van der Waals surface area contributed by atoms with Crippen molar-refractivity contribution >= 4 is 11.7 Å². The van der Waals surface area contributed by atoms with Gasteiger partial charge in [-0.1, -0.05) is 60.7 Å². The van der Waals surface area contributed by atoms with E-state index in [4.69, 9.17) is 4.74 Å². The van der Waals surface area contributed by atoms with Crippen molar-refractivity contribution in [3.63, 3.8) is 0 Å². The summed E-state index contributed by atoms with van der Waals surface area (Å²) >= 11 is 0. The van der Waals surface area contributed by atoms with Gasteiger partial charge in [-0.2, -0.15) is 0 Å². The van der Waals surface area contributed by atoms with Crippen LogP contribution in [0.25, 0.3) is 16.7 Å². The number of amides is 1. The molecule has 1 N–H and O–H groups in total. The van der Waals surface area contributed by atoms with Gasteiger partial charge >= 0.3 is 6.09 Å². The third kappa shape index (κ3) is 3.43. The van der Waals surface area contributed by atoms with E-state index in [1.165, 1.54) is 28.3 Å². The number of carbonyl (C=O) groups is 1. The van der Waals surface area contributed by atoms with Crippen molar-refractivity contribution in [3.05, 3.63) is 101 Å². The molecule has 1 saturated heterocycles. The van der Waals surface area contributed by atoms with Crippen LogP contribution in [0, 0.1) is 5.82 Å². The Morgan fingerprint density at radius 3 is 2.35 bits per heavy atom. The number of hydrogen-bond acceptors (Lipinski definition) is 3. The molecule has 1 aliphatic carbocycles. The normalized spacial score (nSPS) is 20.6. The predicted octanol–water partition coefficient (Wildman–Crippen LogP) is 5.89. The fourth-order valence-corrected chi connectivity index (χ4v) is 5.90. The summed E-state index contributed by atoms with van der Waals surface area (Å²) in [4.78, 5) is 15.1. The number of halogens is 1. The largest absolute Gasteiger partial charge is 0.448 e. The molecular weight excluding hydrogens is 429 g/mol. The average molecular weight is 456 g/mol. The average Bonchev–Trinajstić information content (AvgIpc) is 3.33. The van der Waals surface area contributed by atoms with Crippen LogP contribution in [-0.2, 0) is 11.3 Å². The molecule has 2 unspecified atom stereocenters. The SMILES string of the molecule is O=C(OCC1c2ccccc2-c2ccccc21)N1C2C=C(c3cc(CO)ccc3F)CC1CC2. The van der Waals surface area contributed by atoms with Crippen molar-refractivity contribution < 1.29 is 19.0 Å². The Kier molecular flexibility index (Phi) is 5.22. The van der Waals surface area contributed by atoms with E-state index in [9.17, 15) is 14.3 Å². The predicted molar refractivity (Wildman–Crippen MR) is 129 cm³/mol. The van der Waals surface area contributed by atoms with Gasteiger partial charge < -0.3 is 9.84 Å². The highest BCUT2D eigenvalue weighted by Crippen LogP contribution is 2.45. The summed E-state index contributed by atoms with van der Waals surface area (Å²) in [7, 11) is 0. The number of fused-ring (bicyclic) bond motifs is 5. The monoisotopic (exact) mass is 455 g/mol. The molecule has 1 fully saturated rings. The quantitative estimate of drug-likeness (QED) is 0.534. The molecule has 34 heavy (non-hydrogen) atoms. The molecule has 0 spiro atoms. The lowest BCUT2D eigenvalue weighted by Crippen LogP contribution is -2.43. The number of hydrogen-bond donors (Lipinski definition) is 1. The van der Waals surface area contributed by atoms with Gasteiger partial charge in [-0.3, -0.25) is 4.90 Å². The van der Waals surface area contributed by atoms with Crippen molar-refractivity contribution in [2.75, 3.05) is 6.61 Å². The Morgan fingerprint density at radius 2 is 1.68 bits per heavy atom. The van der Waals surface area contributed by atoms with E-state index < -0.39 is 0 Å². The Morgan fingerprint density at radius 1 is 0.971 bits per heavy atom. The summed E-state index contributed by atoms with van der Waals surface area (Å²) in [6.45, 7) is 0.172. The maximum atomic E-state index is 14.5. The third-order valence-corrected chi connectivity index (χ3v) is 7.50. The lowest BCUT2D eigenvalue weighted by atomic mass is 9.93. The van der Waals surface area contributed by atoms with E-state index in [0.29, 0.717) is 24.2 Å². The Hall–Kier alpha value is -3.44. The van der Waals surface area contributed by atoms with Gasteiger partial charge in [-0.05, 0) is 64.8 Å². The Balaban J connectivity index is 1.21. The molecule has 0 saturated carbocycles. The van der Waals surface area contributed by atoms with Gasteiger partial charge in [0.05, 0.1) is 12.6 Å². The fourth-order valence-electron chi connectivity index (χ4n) is 5.90. The first kappa shape index (κ1) is 21.1. The van der Waals surface area contributed by atoms with Crippen LogP contribution in [0.15, 0.2) is 72.8 Å². The first-order valence-corrected chi connectivity index (χ1v) is 11.9. The smallest absolute Gasteiger partial charge is 0.410 e. The molecule has 2 heterocycles. The summed E-state index contributed by atoms with van der Waals surface area (Å²) in [5, 5.41) is 9.44. The molecule has 4 nitrogen and oxygen atoms in total. The standard InChI is InChI=1S/C29H26FNO3/c30-28-12-9-18(16-32)13-26(28)19-14-20-10-11-21(15-19)31(20)29(33)34-17-27-24-7-3-1-5-22(24)23-6-2-4-8-25(23)27/h1-9,12-14,20-21,27,32H,10-11,15-17H2. The van der Waals surface area contributed by atoms with Crippen LogP contribution in [0.4, 0.5) is 9.18 Å². The maximum Gasteiger partial charge on any atom is 0.410 e.